The molecule has 1 saturated heterocycles. The largest absolute Gasteiger partial charge is 0.389 e. The van der Waals surface area contributed by atoms with Gasteiger partial charge >= 0.3 is 0 Å². The molecule has 1 fully saturated rings. The van der Waals surface area contributed by atoms with Gasteiger partial charge in [-0.15, -0.1) is 11.3 Å². The molecule has 2 rings (SSSR count). The van der Waals surface area contributed by atoms with Crippen LogP contribution < -0.4 is 4.90 Å². The number of aromatic nitrogens is 1. The first-order valence-corrected chi connectivity index (χ1v) is 6.82. The molecule has 1 aliphatic heterocycles. The van der Waals surface area contributed by atoms with Gasteiger partial charge in [-0.1, -0.05) is 6.92 Å². The maximum absolute atomic E-state index is 12.0. The first-order chi connectivity index (χ1) is 8.65. The number of rotatable bonds is 5. The minimum absolute atomic E-state index is 0.247. The Labute approximate surface area is 109 Å². The summed E-state index contributed by atoms with van der Waals surface area (Å²) in [6.45, 7) is 3.32. The molecule has 0 aliphatic carbocycles. The zero-order valence-corrected chi connectivity index (χ0v) is 11.1. The van der Waals surface area contributed by atoms with Gasteiger partial charge in [0.2, 0.25) is 0 Å². The molecule has 6 nitrogen and oxygen atoms in total. The van der Waals surface area contributed by atoms with E-state index in [1.807, 2.05) is 11.8 Å². The van der Waals surface area contributed by atoms with Crippen LogP contribution in [0.4, 0.5) is 5.13 Å². The summed E-state index contributed by atoms with van der Waals surface area (Å²) in [5, 5.41) is 20.8. The highest BCUT2D eigenvalue weighted by atomic mass is 32.1. The van der Waals surface area contributed by atoms with Crippen molar-refractivity contribution in [3.63, 3.8) is 0 Å². The van der Waals surface area contributed by atoms with E-state index in [0.717, 1.165) is 11.6 Å². The van der Waals surface area contributed by atoms with E-state index in [1.54, 1.807) is 5.38 Å². The molecule has 0 atom stereocenters. The van der Waals surface area contributed by atoms with Crippen molar-refractivity contribution in [2.75, 3.05) is 31.3 Å². The Hall–Kier alpha value is -1.18. The molecule has 1 aliphatic rings. The highest BCUT2D eigenvalue weighted by Gasteiger charge is 2.28. The van der Waals surface area contributed by atoms with Gasteiger partial charge in [-0.05, 0) is 6.42 Å². The molecule has 0 radical (unpaired) electrons. The summed E-state index contributed by atoms with van der Waals surface area (Å²) in [5.41, 5.74) is 0.360. The number of aliphatic hydroxyl groups excluding tert-OH is 2. The van der Waals surface area contributed by atoms with Crippen LogP contribution in [-0.2, 0) is 0 Å². The fourth-order valence-electron chi connectivity index (χ4n) is 1.79. The van der Waals surface area contributed by atoms with E-state index < -0.39 is 0 Å². The van der Waals surface area contributed by atoms with Crippen LogP contribution in [0.15, 0.2) is 5.38 Å². The van der Waals surface area contributed by atoms with Crippen LogP contribution in [0.1, 0.15) is 23.8 Å². The Kier molecular flexibility index (Phi) is 4.15. The Morgan fingerprint density at radius 3 is 2.94 bits per heavy atom. The van der Waals surface area contributed by atoms with Gasteiger partial charge in [0.25, 0.3) is 5.91 Å². The molecule has 7 heteroatoms. The molecule has 1 aromatic heterocycles. The number of nitrogens with zero attached hydrogens (tertiary/aromatic N) is 3. The lowest BCUT2D eigenvalue weighted by Crippen LogP contribution is -2.50. The number of aliphatic hydroxyl groups is 2. The van der Waals surface area contributed by atoms with Crippen LogP contribution in [0.25, 0.3) is 0 Å². The van der Waals surface area contributed by atoms with Crippen LogP contribution in [0.3, 0.4) is 0 Å². The maximum Gasteiger partial charge on any atom is 0.275 e. The zero-order valence-electron chi connectivity index (χ0n) is 10.2. The van der Waals surface area contributed by atoms with Gasteiger partial charge in [-0.2, -0.15) is 0 Å². The third-order valence-corrected chi connectivity index (χ3v) is 3.70. The SMILES string of the molecule is CCCN(CO)C(=O)c1csc(N2CC(O)C2)n1. The molecule has 2 heterocycles. The minimum Gasteiger partial charge on any atom is -0.389 e. The predicted molar refractivity (Wildman–Crippen MR) is 68.7 cm³/mol. The van der Waals surface area contributed by atoms with Crippen molar-refractivity contribution < 1.29 is 15.0 Å². The van der Waals surface area contributed by atoms with Crippen LogP contribution in [0.2, 0.25) is 0 Å². The number of hydrogen-bond acceptors (Lipinski definition) is 6. The van der Waals surface area contributed by atoms with E-state index in [4.69, 9.17) is 5.11 Å². The van der Waals surface area contributed by atoms with Crippen LogP contribution >= 0.6 is 11.3 Å². The molecule has 0 spiro atoms. The first kappa shape index (κ1) is 13.3. The van der Waals surface area contributed by atoms with E-state index >= 15 is 0 Å². The maximum atomic E-state index is 12.0. The normalized spacial score (nSPS) is 15.6. The molecule has 18 heavy (non-hydrogen) atoms. The third kappa shape index (κ3) is 2.63. The zero-order chi connectivity index (χ0) is 13.1. The third-order valence-electron chi connectivity index (χ3n) is 2.80. The summed E-state index contributed by atoms with van der Waals surface area (Å²) < 4.78 is 0. The quantitative estimate of drug-likeness (QED) is 0.744. The minimum atomic E-state index is -0.290. The highest BCUT2D eigenvalue weighted by Crippen LogP contribution is 2.25. The number of anilines is 1. The number of β-amino-alcohol motifs (C(OH)–C–C–N with tert-alkyl or cyclic N) is 1. The van der Waals surface area contributed by atoms with Crippen molar-refractivity contribution in [1.82, 2.24) is 9.88 Å². The van der Waals surface area contributed by atoms with E-state index in [9.17, 15) is 9.90 Å². The predicted octanol–water partition coefficient (Wildman–Crippen LogP) is 0.126. The molecular weight excluding hydrogens is 254 g/mol. The molecule has 0 bridgehead atoms. The second-order valence-corrected chi connectivity index (χ2v) is 5.12. The van der Waals surface area contributed by atoms with Crippen LogP contribution in [0, 0.1) is 0 Å². The summed E-state index contributed by atoms with van der Waals surface area (Å²) in [6.07, 6.45) is 0.504. The smallest absolute Gasteiger partial charge is 0.275 e. The van der Waals surface area contributed by atoms with Crippen molar-refractivity contribution in [3.05, 3.63) is 11.1 Å². The van der Waals surface area contributed by atoms with Crippen LogP contribution in [0.5, 0.6) is 0 Å². The fraction of sp³-hybridized carbons (Fsp3) is 0.636. The Bertz CT molecular complexity index is 417. The van der Waals surface area contributed by atoms with Crippen molar-refractivity contribution in [3.8, 4) is 0 Å². The van der Waals surface area contributed by atoms with Gasteiger partial charge in [0.1, 0.15) is 12.4 Å². The molecule has 0 saturated carbocycles. The molecule has 0 aromatic carbocycles. The molecule has 0 unspecified atom stereocenters. The Balaban J connectivity index is 2.02. The average molecular weight is 271 g/mol. The van der Waals surface area contributed by atoms with E-state index in [-0.39, 0.29) is 18.7 Å². The van der Waals surface area contributed by atoms with Gasteiger partial charge in [-0.3, -0.25) is 4.79 Å². The number of carbonyl (C=O) groups excluding carboxylic acids is 1. The Morgan fingerprint density at radius 2 is 2.39 bits per heavy atom. The number of amides is 1. The summed E-state index contributed by atoms with van der Waals surface area (Å²) in [4.78, 5) is 19.6. The molecule has 100 valence electrons. The van der Waals surface area contributed by atoms with E-state index in [2.05, 4.69) is 4.98 Å². The number of thiazole rings is 1. The van der Waals surface area contributed by atoms with Crippen molar-refractivity contribution in [1.29, 1.82) is 0 Å². The van der Waals surface area contributed by atoms with E-state index in [0.29, 0.717) is 25.3 Å². The van der Waals surface area contributed by atoms with Gasteiger partial charge < -0.3 is 20.0 Å². The van der Waals surface area contributed by atoms with E-state index in [1.165, 1.54) is 16.2 Å². The van der Waals surface area contributed by atoms with Crippen LogP contribution in [-0.4, -0.2) is 58.5 Å². The van der Waals surface area contributed by atoms with Crippen molar-refractivity contribution in [2.45, 2.75) is 19.4 Å². The fourth-order valence-corrected chi connectivity index (χ4v) is 2.61. The van der Waals surface area contributed by atoms with Crippen molar-refractivity contribution in [2.24, 2.45) is 0 Å². The lowest BCUT2D eigenvalue weighted by Gasteiger charge is -2.35. The lowest BCUT2D eigenvalue weighted by atomic mass is 10.2. The van der Waals surface area contributed by atoms with Gasteiger partial charge in [0, 0.05) is 25.0 Å². The molecule has 1 amide bonds. The molecular formula is C11H17N3O3S. The summed E-state index contributed by atoms with van der Waals surface area (Å²) in [6, 6.07) is 0. The summed E-state index contributed by atoms with van der Waals surface area (Å²) in [7, 11) is 0. The molecule has 1 aromatic rings. The van der Waals surface area contributed by atoms with Crippen molar-refractivity contribution >= 4 is 22.4 Å². The lowest BCUT2D eigenvalue weighted by molar-refractivity contribution is 0.0550. The van der Waals surface area contributed by atoms with Gasteiger partial charge in [-0.25, -0.2) is 4.98 Å². The summed E-state index contributed by atoms with van der Waals surface area (Å²) >= 11 is 1.38. The standard InChI is InChI=1S/C11H17N3O3S/c1-2-3-13(7-15)10(17)9-6-18-11(12-9)14-4-8(16)5-14/h6,8,15-16H,2-5,7H2,1H3. The highest BCUT2D eigenvalue weighted by molar-refractivity contribution is 7.14. The first-order valence-electron chi connectivity index (χ1n) is 5.94. The topological polar surface area (TPSA) is 76.9 Å². The monoisotopic (exact) mass is 271 g/mol. The van der Waals surface area contributed by atoms with Gasteiger partial charge in [0.15, 0.2) is 5.13 Å². The average Bonchev–Trinajstić information content (AvgIpc) is 2.80. The summed E-state index contributed by atoms with van der Waals surface area (Å²) in [5.74, 6) is -0.247. The Morgan fingerprint density at radius 1 is 1.67 bits per heavy atom. The second-order valence-electron chi connectivity index (χ2n) is 4.28. The number of carbonyl (C=O) groups is 1. The van der Waals surface area contributed by atoms with Gasteiger partial charge in [0.05, 0.1) is 6.10 Å². The second kappa shape index (κ2) is 5.64. The molecule has 2 N–H and O–H groups in total. The number of hydrogen-bond donors (Lipinski definition) is 2.